The van der Waals surface area contributed by atoms with E-state index in [-0.39, 0.29) is 0 Å². The highest BCUT2D eigenvalue weighted by molar-refractivity contribution is 5.88. The molecule has 1 aliphatic rings. The molecule has 3 rings (SSSR count). The Morgan fingerprint density at radius 3 is 3.00 bits per heavy atom. The van der Waals surface area contributed by atoms with Gasteiger partial charge in [0.15, 0.2) is 0 Å². The van der Waals surface area contributed by atoms with Crippen LogP contribution in [0.25, 0.3) is 0 Å². The summed E-state index contributed by atoms with van der Waals surface area (Å²) >= 11 is 0. The van der Waals surface area contributed by atoms with Gasteiger partial charge in [-0.1, -0.05) is 18.2 Å². The van der Waals surface area contributed by atoms with Gasteiger partial charge in [0.2, 0.25) is 5.76 Å². The molecule has 1 atom stereocenters. The predicted octanol–water partition coefficient (Wildman–Crippen LogP) is 3.02. The van der Waals surface area contributed by atoms with Crippen LogP contribution < -0.4 is 4.90 Å². The highest BCUT2D eigenvalue weighted by Gasteiger charge is 2.27. The molecule has 0 N–H and O–H groups in total. The van der Waals surface area contributed by atoms with E-state index in [0.29, 0.717) is 18.3 Å². The number of rotatable bonds is 3. The van der Waals surface area contributed by atoms with E-state index in [1.807, 2.05) is 12.1 Å². The Hall–Kier alpha value is -2.23. The summed E-state index contributed by atoms with van der Waals surface area (Å²) in [6.45, 7) is 2.84. The second-order valence-corrected chi connectivity index (χ2v) is 5.08. The molecule has 1 aliphatic heterocycles. The number of fused-ring (bicyclic) bond motifs is 1. The first-order valence-electron chi connectivity index (χ1n) is 6.70. The average molecular weight is 271 g/mol. The van der Waals surface area contributed by atoms with Crippen LogP contribution in [0.2, 0.25) is 0 Å². The number of ether oxygens (including phenoxy) is 1. The molecule has 1 unspecified atom stereocenters. The van der Waals surface area contributed by atoms with E-state index in [9.17, 15) is 4.79 Å². The normalized spacial score (nSPS) is 17.1. The van der Waals surface area contributed by atoms with Gasteiger partial charge in [0.1, 0.15) is 0 Å². The summed E-state index contributed by atoms with van der Waals surface area (Å²) in [4.78, 5) is 14.0. The van der Waals surface area contributed by atoms with Crippen LogP contribution in [0.15, 0.2) is 41.0 Å². The van der Waals surface area contributed by atoms with Crippen molar-refractivity contribution in [3.63, 3.8) is 0 Å². The fourth-order valence-corrected chi connectivity index (χ4v) is 2.79. The molecule has 2 aromatic rings. The molecule has 0 spiro atoms. The van der Waals surface area contributed by atoms with Crippen molar-refractivity contribution in [2.24, 2.45) is 0 Å². The molecule has 0 fully saturated rings. The Morgan fingerprint density at radius 2 is 2.20 bits per heavy atom. The minimum Gasteiger partial charge on any atom is -0.463 e. The first-order valence-corrected chi connectivity index (χ1v) is 6.70. The van der Waals surface area contributed by atoms with Crippen LogP contribution in [0, 0.1) is 0 Å². The maximum atomic E-state index is 11.7. The van der Waals surface area contributed by atoms with Crippen molar-refractivity contribution in [2.75, 3.05) is 12.0 Å². The smallest absolute Gasteiger partial charge is 0.374 e. The minimum atomic E-state index is -0.426. The van der Waals surface area contributed by atoms with Crippen molar-refractivity contribution < 1.29 is 13.9 Å². The molecule has 0 saturated heterocycles. The van der Waals surface area contributed by atoms with Crippen LogP contribution in [-0.2, 0) is 17.7 Å². The zero-order valence-corrected chi connectivity index (χ0v) is 11.6. The quantitative estimate of drug-likeness (QED) is 0.805. The van der Waals surface area contributed by atoms with Gasteiger partial charge < -0.3 is 14.1 Å². The van der Waals surface area contributed by atoms with E-state index in [1.54, 1.807) is 0 Å². The first kappa shape index (κ1) is 12.8. The molecule has 0 aliphatic carbocycles. The predicted molar refractivity (Wildman–Crippen MR) is 75.8 cm³/mol. The van der Waals surface area contributed by atoms with E-state index >= 15 is 0 Å². The van der Waals surface area contributed by atoms with Crippen molar-refractivity contribution in [1.82, 2.24) is 0 Å². The molecule has 4 heteroatoms. The lowest BCUT2D eigenvalue weighted by atomic mass is 10.1. The number of esters is 1. The maximum absolute atomic E-state index is 11.7. The average Bonchev–Trinajstić information content (AvgIpc) is 3.04. The largest absolute Gasteiger partial charge is 0.463 e. The molecule has 1 aromatic carbocycles. The number of carbonyl (C=O) groups is 1. The first-order chi connectivity index (χ1) is 9.70. The molecule has 0 amide bonds. The standard InChI is InChI=1S/C16H17NO3/c1-11-9-12-5-3-4-6-14(12)17(11)10-13-7-8-20-15(13)16(18)19-2/h3-8,11H,9-10H2,1-2H3. The van der Waals surface area contributed by atoms with Crippen LogP contribution in [0.3, 0.4) is 0 Å². The maximum Gasteiger partial charge on any atom is 0.374 e. The minimum absolute atomic E-state index is 0.295. The van der Waals surface area contributed by atoms with Crippen molar-refractivity contribution in [3.05, 3.63) is 53.5 Å². The molecule has 1 aromatic heterocycles. The number of anilines is 1. The van der Waals surface area contributed by atoms with Gasteiger partial charge in [-0.15, -0.1) is 0 Å². The summed E-state index contributed by atoms with van der Waals surface area (Å²) < 4.78 is 9.99. The Labute approximate surface area is 118 Å². The lowest BCUT2D eigenvalue weighted by molar-refractivity contribution is 0.0563. The number of benzene rings is 1. The van der Waals surface area contributed by atoms with Crippen LogP contribution in [-0.4, -0.2) is 19.1 Å². The highest BCUT2D eigenvalue weighted by Crippen LogP contribution is 2.33. The van der Waals surface area contributed by atoms with Gasteiger partial charge in [-0.3, -0.25) is 0 Å². The topological polar surface area (TPSA) is 42.7 Å². The number of hydrogen-bond donors (Lipinski definition) is 0. The van der Waals surface area contributed by atoms with Crippen molar-refractivity contribution in [2.45, 2.75) is 25.9 Å². The van der Waals surface area contributed by atoms with Gasteiger partial charge in [-0.25, -0.2) is 4.79 Å². The number of carbonyl (C=O) groups excluding carboxylic acids is 1. The number of hydrogen-bond acceptors (Lipinski definition) is 4. The zero-order chi connectivity index (χ0) is 14.1. The Morgan fingerprint density at radius 1 is 1.40 bits per heavy atom. The zero-order valence-electron chi connectivity index (χ0n) is 11.6. The van der Waals surface area contributed by atoms with Crippen LogP contribution in [0.4, 0.5) is 5.69 Å². The molecule has 104 valence electrons. The van der Waals surface area contributed by atoms with E-state index in [0.717, 1.165) is 12.0 Å². The monoisotopic (exact) mass is 271 g/mol. The molecule has 0 radical (unpaired) electrons. The van der Waals surface area contributed by atoms with Gasteiger partial charge in [0, 0.05) is 23.8 Å². The second kappa shape index (κ2) is 5.04. The molecular weight excluding hydrogens is 254 g/mol. The van der Waals surface area contributed by atoms with Crippen molar-refractivity contribution >= 4 is 11.7 Å². The van der Waals surface area contributed by atoms with Gasteiger partial charge in [0.05, 0.1) is 13.4 Å². The third-order valence-corrected chi connectivity index (χ3v) is 3.81. The van der Waals surface area contributed by atoms with E-state index < -0.39 is 5.97 Å². The third-order valence-electron chi connectivity index (χ3n) is 3.81. The number of nitrogens with zero attached hydrogens (tertiary/aromatic N) is 1. The third kappa shape index (κ3) is 2.07. The lowest BCUT2D eigenvalue weighted by Crippen LogP contribution is -2.29. The van der Waals surface area contributed by atoms with Crippen molar-refractivity contribution in [1.29, 1.82) is 0 Å². The summed E-state index contributed by atoms with van der Waals surface area (Å²) in [6.07, 6.45) is 2.57. The summed E-state index contributed by atoms with van der Waals surface area (Å²) in [5, 5.41) is 0. The van der Waals surface area contributed by atoms with E-state index in [2.05, 4.69) is 30.0 Å². The summed E-state index contributed by atoms with van der Waals surface area (Å²) in [7, 11) is 1.36. The van der Waals surface area contributed by atoms with Gasteiger partial charge in [0.25, 0.3) is 0 Å². The number of methoxy groups -OCH3 is 1. The number of para-hydroxylation sites is 1. The summed E-state index contributed by atoms with van der Waals surface area (Å²) in [5.41, 5.74) is 3.44. The summed E-state index contributed by atoms with van der Waals surface area (Å²) in [5.74, 6) is -0.130. The molecule has 0 bridgehead atoms. The Bertz CT molecular complexity index is 632. The van der Waals surface area contributed by atoms with Crippen LogP contribution in [0.1, 0.15) is 28.6 Å². The number of furan rings is 1. The van der Waals surface area contributed by atoms with Crippen molar-refractivity contribution in [3.8, 4) is 0 Å². The molecule has 20 heavy (non-hydrogen) atoms. The van der Waals surface area contributed by atoms with E-state index in [4.69, 9.17) is 9.15 Å². The molecule has 2 heterocycles. The fourth-order valence-electron chi connectivity index (χ4n) is 2.79. The lowest BCUT2D eigenvalue weighted by Gasteiger charge is -2.24. The van der Waals surface area contributed by atoms with E-state index in [1.165, 1.54) is 24.6 Å². The van der Waals surface area contributed by atoms with Crippen LogP contribution >= 0.6 is 0 Å². The second-order valence-electron chi connectivity index (χ2n) is 5.08. The molecular formula is C16H17NO3. The summed E-state index contributed by atoms with van der Waals surface area (Å²) in [6, 6.07) is 10.6. The highest BCUT2D eigenvalue weighted by atomic mass is 16.5. The fraction of sp³-hybridized carbons (Fsp3) is 0.312. The Kier molecular flexibility index (Phi) is 3.22. The Balaban J connectivity index is 1.89. The molecule has 0 saturated carbocycles. The van der Waals surface area contributed by atoms with Crippen LogP contribution in [0.5, 0.6) is 0 Å². The van der Waals surface area contributed by atoms with Gasteiger partial charge in [-0.05, 0) is 31.0 Å². The SMILES string of the molecule is COC(=O)c1occc1CN1c2ccccc2CC1C. The molecule has 4 nitrogen and oxygen atoms in total. The van der Waals surface area contributed by atoms with Gasteiger partial charge in [-0.2, -0.15) is 0 Å². The van der Waals surface area contributed by atoms with Gasteiger partial charge >= 0.3 is 5.97 Å².